The molecule has 3 aliphatic rings. The number of hydrogen-bond acceptors (Lipinski definition) is 4. The maximum atomic E-state index is 6.55. The van der Waals surface area contributed by atoms with Gasteiger partial charge >= 0.3 is 0 Å². The van der Waals surface area contributed by atoms with Crippen molar-refractivity contribution in [2.24, 2.45) is 9.98 Å². The van der Waals surface area contributed by atoms with Crippen LogP contribution in [-0.4, -0.2) is 11.7 Å². The fourth-order valence-electron chi connectivity index (χ4n) is 7.94. The number of rotatable bonds is 3. The zero-order valence-electron chi connectivity index (χ0n) is 26.0. The largest absolute Gasteiger partial charge is 0.457 e. The molecule has 1 atom stereocenters. The van der Waals surface area contributed by atoms with E-state index < -0.39 is 5.41 Å². The van der Waals surface area contributed by atoms with Gasteiger partial charge in [0.1, 0.15) is 23.5 Å². The van der Waals surface area contributed by atoms with Crippen molar-refractivity contribution >= 4 is 22.4 Å². The van der Waals surface area contributed by atoms with Crippen LogP contribution in [0.1, 0.15) is 45.1 Å². The minimum Gasteiger partial charge on any atom is -0.457 e. The van der Waals surface area contributed by atoms with E-state index in [1.807, 2.05) is 6.07 Å². The van der Waals surface area contributed by atoms with E-state index in [4.69, 9.17) is 14.7 Å². The zero-order valence-corrected chi connectivity index (χ0v) is 26.0. The van der Waals surface area contributed by atoms with Gasteiger partial charge in [-0.1, -0.05) is 146 Å². The summed E-state index contributed by atoms with van der Waals surface area (Å²) in [5.41, 5.74) is 9.80. The van der Waals surface area contributed by atoms with Crippen molar-refractivity contribution in [3.8, 4) is 22.6 Å². The number of benzene rings is 7. The van der Waals surface area contributed by atoms with Crippen LogP contribution in [0.4, 0.5) is 0 Å². The monoisotopic (exact) mass is 615 g/mol. The lowest BCUT2D eigenvalue weighted by Gasteiger charge is -2.39. The van der Waals surface area contributed by atoms with Crippen LogP contribution in [0.25, 0.3) is 21.9 Å². The van der Waals surface area contributed by atoms with E-state index in [1.54, 1.807) is 0 Å². The molecule has 7 aromatic rings. The molecule has 0 radical (unpaired) electrons. The Morgan fingerprint density at radius 3 is 1.96 bits per heavy atom. The molecule has 0 fully saturated rings. The molecule has 1 N–H and O–H groups in total. The minimum atomic E-state index is -0.548. The fourth-order valence-corrected chi connectivity index (χ4v) is 7.94. The van der Waals surface area contributed by atoms with Gasteiger partial charge in [0.05, 0.1) is 5.41 Å². The Morgan fingerprint density at radius 1 is 0.521 bits per heavy atom. The highest BCUT2D eigenvalue weighted by atomic mass is 16.5. The smallest absolute Gasteiger partial charge is 0.160 e. The Hall–Kier alpha value is -6.26. The maximum absolute atomic E-state index is 6.55. The summed E-state index contributed by atoms with van der Waals surface area (Å²) < 4.78 is 6.55. The fraction of sp³-hybridized carbons (Fsp3) is 0.0455. The second-order valence-electron chi connectivity index (χ2n) is 12.5. The average Bonchev–Trinajstić information content (AvgIpc) is 3.45. The van der Waals surface area contributed by atoms with Crippen LogP contribution in [0.2, 0.25) is 0 Å². The second-order valence-corrected chi connectivity index (χ2v) is 12.5. The number of nitrogens with zero attached hydrogens (tertiary/aromatic N) is 2. The lowest BCUT2D eigenvalue weighted by molar-refractivity contribution is 0.436. The van der Waals surface area contributed by atoms with E-state index in [-0.39, 0.29) is 6.17 Å². The van der Waals surface area contributed by atoms with Crippen molar-refractivity contribution in [1.29, 1.82) is 0 Å². The van der Waals surface area contributed by atoms with Gasteiger partial charge in [-0.25, -0.2) is 9.98 Å². The topological polar surface area (TPSA) is 46.0 Å². The Balaban J connectivity index is 1.21. The van der Waals surface area contributed by atoms with Crippen molar-refractivity contribution in [2.45, 2.75) is 11.6 Å². The van der Waals surface area contributed by atoms with Crippen LogP contribution in [0.3, 0.4) is 0 Å². The molecule has 4 nitrogen and oxygen atoms in total. The molecule has 48 heavy (non-hydrogen) atoms. The number of ether oxygens (including phenoxy) is 1. The van der Waals surface area contributed by atoms with E-state index in [0.29, 0.717) is 0 Å². The number of aliphatic imine (C=N–C) groups is 2. The SMILES string of the molecule is c1ccc(C2N=C(c3cccc4ccccc34)N=C(c3ccc4c(c3)C3(c5ccccc5Oc5ccccc53)c3ccccc3-4)N2)cc1. The van der Waals surface area contributed by atoms with Gasteiger partial charge in [-0.15, -0.1) is 0 Å². The van der Waals surface area contributed by atoms with Gasteiger partial charge in [-0.2, -0.15) is 0 Å². The molecule has 0 bridgehead atoms. The Labute approximate surface area is 278 Å². The predicted molar refractivity (Wildman–Crippen MR) is 193 cm³/mol. The van der Waals surface area contributed by atoms with Crippen LogP contribution in [0.5, 0.6) is 11.5 Å². The molecule has 4 heteroatoms. The molecule has 0 aromatic heterocycles. The summed E-state index contributed by atoms with van der Waals surface area (Å²) in [5.74, 6) is 3.28. The molecule has 0 saturated heterocycles. The van der Waals surface area contributed by atoms with E-state index in [9.17, 15) is 0 Å². The van der Waals surface area contributed by atoms with Gasteiger partial charge in [0.25, 0.3) is 0 Å². The summed E-state index contributed by atoms with van der Waals surface area (Å²) in [6, 6.07) is 57.8. The van der Waals surface area contributed by atoms with E-state index in [1.165, 1.54) is 27.6 Å². The normalized spacial score (nSPS) is 16.5. The van der Waals surface area contributed by atoms with Gasteiger partial charge in [-0.3, -0.25) is 0 Å². The lowest BCUT2D eigenvalue weighted by Crippen LogP contribution is -2.35. The highest BCUT2D eigenvalue weighted by molar-refractivity contribution is 6.17. The number of para-hydroxylation sites is 2. The molecular formula is C44H29N3O. The lowest BCUT2D eigenvalue weighted by atomic mass is 9.66. The van der Waals surface area contributed by atoms with E-state index in [2.05, 4.69) is 163 Å². The van der Waals surface area contributed by atoms with Gasteiger partial charge in [0.15, 0.2) is 5.84 Å². The molecule has 226 valence electrons. The van der Waals surface area contributed by atoms with Crippen LogP contribution in [-0.2, 0) is 5.41 Å². The predicted octanol–water partition coefficient (Wildman–Crippen LogP) is 9.80. The van der Waals surface area contributed by atoms with E-state index >= 15 is 0 Å². The van der Waals surface area contributed by atoms with Crippen molar-refractivity contribution in [1.82, 2.24) is 5.32 Å². The Bertz CT molecular complexity index is 2430. The molecular weight excluding hydrogens is 587 g/mol. The average molecular weight is 616 g/mol. The molecule has 1 spiro atoms. The second kappa shape index (κ2) is 10.4. The first-order valence-corrected chi connectivity index (χ1v) is 16.4. The third-order valence-electron chi connectivity index (χ3n) is 10.0. The summed E-state index contributed by atoms with van der Waals surface area (Å²) >= 11 is 0. The zero-order chi connectivity index (χ0) is 31.7. The molecule has 2 heterocycles. The summed E-state index contributed by atoms with van der Waals surface area (Å²) in [4.78, 5) is 10.5. The standard InChI is InChI=1S/C44H29N3O/c1-2-14-29(15-3-1)41-45-42(47-43(46-41)34-19-12-16-28-13-4-5-17-31(28)34)30-25-26-33-32-18-6-7-20-35(32)44(38(33)27-30)36-21-8-10-23-39(36)48-40-24-11-9-22-37(40)44/h1-27,41H,(H,45,46,47). The van der Waals surface area contributed by atoms with Gasteiger partial charge in [-0.05, 0) is 56.8 Å². The van der Waals surface area contributed by atoms with Crippen LogP contribution in [0, 0.1) is 0 Å². The van der Waals surface area contributed by atoms with Gasteiger partial charge in [0, 0.05) is 22.3 Å². The number of hydrogen-bond donors (Lipinski definition) is 1. The Morgan fingerprint density at radius 2 is 1.15 bits per heavy atom. The van der Waals surface area contributed by atoms with Crippen LogP contribution < -0.4 is 10.1 Å². The van der Waals surface area contributed by atoms with Crippen LogP contribution >= 0.6 is 0 Å². The maximum Gasteiger partial charge on any atom is 0.160 e. The quantitative estimate of drug-likeness (QED) is 0.215. The molecule has 0 saturated carbocycles. The van der Waals surface area contributed by atoms with Crippen molar-refractivity contribution in [2.75, 3.05) is 0 Å². The molecule has 10 rings (SSSR count). The van der Waals surface area contributed by atoms with E-state index in [0.717, 1.165) is 56.4 Å². The van der Waals surface area contributed by atoms with Crippen LogP contribution in [0.15, 0.2) is 174 Å². The molecule has 1 unspecified atom stereocenters. The molecule has 0 amide bonds. The minimum absolute atomic E-state index is 0.295. The van der Waals surface area contributed by atoms with Crippen molar-refractivity contribution in [3.05, 3.63) is 203 Å². The Kier molecular flexibility index (Phi) is 5.82. The van der Waals surface area contributed by atoms with Crippen molar-refractivity contribution in [3.63, 3.8) is 0 Å². The summed E-state index contributed by atoms with van der Waals surface area (Å²) in [6.45, 7) is 0. The third kappa shape index (κ3) is 3.83. The third-order valence-corrected chi connectivity index (χ3v) is 10.0. The number of fused-ring (bicyclic) bond motifs is 10. The van der Waals surface area contributed by atoms with Gasteiger partial charge in [0.2, 0.25) is 0 Å². The number of amidine groups is 2. The summed E-state index contributed by atoms with van der Waals surface area (Å²) in [6.07, 6.45) is -0.295. The first-order chi connectivity index (χ1) is 23.8. The summed E-state index contributed by atoms with van der Waals surface area (Å²) in [5, 5.41) is 6.01. The number of nitrogens with one attached hydrogen (secondary N) is 1. The van der Waals surface area contributed by atoms with Gasteiger partial charge < -0.3 is 10.1 Å². The molecule has 1 aliphatic carbocycles. The summed E-state index contributed by atoms with van der Waals surface area (Å²) in [7, 11) is 0. The highest BCUT2D eigenvalue weighted by Crippen LogP contribution is 2.62. The molecule has 2 aliphatic heterocycles. The van der Waals surface area contributed by atoms with Crippen molar-refractivity contribution < 1.29 is 4.74 Å². The highest BCUT2D eigenvalue weighted by Gasteiger charge is 2.51. The first kappa shape index (κ1) is 26.9. The molecule has 7 aromatic carbocycles. The first-order valence-electron chi connectivity index (χ1n) is 16.4.